The molecular weight excluding hydrogens is 396 g/mol. The molecule has 0 spiro atoms. The lowest BCUT2D eigenvalue weighted by Crippen LogP contribution is -2.40. The molecule has 4 rings (SSSR count). The molecule has 0 bridgehead atoms. The van der Waals surface area contributed by atoms with Gasteiger partial charge in [-0.1, -0.05) is 0 Å². The molecule has 6 nitrogen and oxygen atoms in total. The number of aryl methyl sites for hydroxylation is 2. The number of anilines is 1. The van der Waals surface area contributed by atoms with E-state index in [4.69, 9.17) is 5.73 Å². The molecule has 2 aromatic rings. The molecular formula is C23H32N4O2S. The summed E-state index contributed by atoms with van der Waals surface area (Å²) < 4.78 is 0. The zero-order chi connectivity index (χ0) is 21.4. The standard InChI is InChI=1S/C23H32N4O2S/c1-4-27(17-7-5-16(24)6-8-17)21-12-18-20(30-21)9-10-26(23(18)29)13-19-14(2)11-15(3)25-22(19)28/h11-12,16-17H,4-10,13,24H2,1-3H3,(H,25,28). The molecule has 0 unspecified atom stereocenters. The Bertz CT molecular complexity index is 988. The van der Waals surface area contributed by atoms with Crippen LogP contribution in [0.3, 0.4) is 0 Å². The van der Waals surface area contributed by atoms with Crippen LogP contribution in [0, 0.1) is 13.8 Å². The molecule has 3 heterocycles. The van der Waals surface area contributed by atoms with Crippen LogP contribution >= 0.6 is 11.3 Å². The zero-order valence-corrected chi connectivity index (χ0v) is 19.0. The first kappa shape index (κ1) is 21.1. The van der Waals surface area contributed by atoms with E-state index in [-0.39, 0.29) is 11.5 Å². The minimum atomic E-state index is -0.0928. The van der Waals surface area contributed by atoms with Gasteiger partial charge in [-0.3, -0.25) is 9.59 Å². The number of hydrogen-bond donors (Lipinski definition) is 2. The van der Waals surface area contributed by atoms with Crippen molar-refractivity contribution in [3.05, 3.63) is 49.7 Å². The van der Waals surface area contributed by atoms with Crippen molar-refractivity contribution < 1.29 is 4.79 Å². The summed E-state index contributed by atoms with van der Waals surface area (Å²) in [6.07, 6.45) is 5.23. The second kappa shape index (κ2) is 8.55. The maximum atomic E-state index is 13.2. The number of carbonyl (C=O) groups excluding carboxylic acids is 1. The van der Waals surface area contributed by atoms with Crippen molar-refractivity contribution in [1.29, 1.82) is 0 Å². The highest BCUT2D eigenvalue weighted by Crippen LogP contribution is 2.37. The van der Waals surface area contributed by atoms with E-state index in [1.807, 2.05) is 24.8 Å². The van der Waals surface area contributed by atoms with Crippen molar-refractivity contribution in [1.82, 2.24) is 9.88 Å². The first-order valence-electron chi connectivity index (χ1n) is 11.0. The fraction of sp³-hybridized carbons (Fsp3) is 0.565. The molecule has 1 amide bonds. The molecule has 3 N–H and O–H groups in total. The van der Waals surface area contributed by atoms with Crippen LogP contribution in [-0.2, 0) is 13.0 Å². The van der Waals surface area contributed by atoms with Gasteiger partial charge >= 0.3 is 0 Å². The molecule has 1 aliphatic heterocycles. The second-order valence-corrected chi connectivity index (χ2v) is 9.81. The van der Waals surface area contributed by atoms with Crippen LogP contribution in [0.1, 0.15) is 64.7 Å². The third-order valence-corrected chi connectivity index (χ3v) is 7.80. The molecule has 7 heteroatoms. The smallest absolute Gasteiger partial charge is 0.255 e. The van der Waals surface area contributed by atoms with E-state index in [0.29, 0.717) is 30.7 Å². The normalized spacial score (nSPS) is 21.6. The number of aromatic amines is 1. The van der Waals surface area contributed by atoms with Crippen LogP contribution in [0.2, 0.25) is 0 Å². The Morgan fingerprint density at radius 2 is 1.93 bits per heavy atom. The SMILES string of the molecule is CCN(c1cc2c(s1)CCN(Cc1c(C)cc(C)[nH]c1=O)C2=O)C1CCC(N)CC1. The summed E-state index contributed by atoms with van der Waals surface area (Å²) in [5.41, 5.74) is 9.28. The first-order valence-corrected chi connectivity index (χ1v) is 11.8. The van der Waals surface area contributed by atoms with Gasteiger partial charge in [-0.05, 0) is 64.2 Å². The van der Waals surface area contributed by atoms with Crippen molar-refractivity contribution >= 4 is 22.2 Å². The van der Waals surface area contributed by atoms with Crippen molar-refractivity contribution in [3.8, 4) is 0 Å². The van der Waals surface area contributed by atoms with Crippen LogP contribution in [0.5, 0.6) is 0 Å². The lowest BCUT2D eigenvalue weighted by molar-refractivity contribution is 0.0728. The highest BCUT2D eigenvalue weighted by atomic mass is 32.1. The number of rotatable bonds is 5. The summed E-state index contributed by atoms with van der Waals surface area (Å²) in [4.78, 5) is 34.0. The fourth-order valence-corrected chi connectivity index (χ4v) is 6.13. The predicted octanol–water partition coefficient (Wildman–Crippen LogP) is 3.35. The average Bonchev–Trinajstić information content (AvgIpc) is 3.13. The summed E-state index contributed by atoms with van der Waals surface area (Å²) in [5.74, 6) is 0.0415. The number of pyridine rings is 1. The molecule has 30 heavy (non-hydrogen) atoms. The van der Waals surface area contributed by atoms with Gasteiger partial charge in [-0.2, -0.15) is 0 Å². The van der Waals surface area contributed by atoms with E-state index in [2.05, 4.69) is 22.9 Å². The highest BCUT2D eigenvalue weighted by Gasteiger charge is 2.31. The molecule has 162 valence electrons. The Morgan fingerprint density at radius 1 is 1.20 bits per heavy atom. The molecule has 1 saturated carbocycles. The summed E-state index contributed by atoms with van der Waals surface area (Å²) in [6.45, 7) is 7.97. The Labute approximate surface area is 182 Å². The number of hydrogen-bond acceptors (Lipinski definition) is 5. The van der Waals surface area contributed by atoms with Crippen molar-refractivity contribution in [2.45, 2.75) is 71.5 Å². The second-order valence-electron chi connectivity index (χ2n) is 8.70. The summed E-state index contributed by atoms with van der Waals surface area (Å²) in [5, 5.41) is 1.20. The molecule has 1 fully saturated rings. The van der Waals surface area contributed by atoms with Crippen molar-refractivity contribution in [2.75, 3.05) is 18.0 Å². The molecule has 2 aromatic heterocycles. The number of H-pyrrole nitrogens is 1. The molecule has 0 atom stereocenters. The van der Waals surface area contributed by atoms with Crippen molar-refractivity contribution in [3.63, 3.8) is 0 Å². The number of amides is 1. The number of nitrogens with one attached hydrogen (secondary N) is 1. The minimum absolute atomic E-state index is 0.0415. The van der Waals surface area contributed by atoms with E-state index in [9.17, 15) is 9.59 Å². The van der Waals surface area contributed by atoms with E-state index >= 15 is 0 Å². The Morgan fingerprint density at radius 3 is 2.60 bits per heavy atom. The lowest BCUT2D eigenvalue weighted by atomic mass is 9.91. The van der Waals surface area contributed by atoms with Gasteiger partial charge in [-0.15, -0.1) is 11.3 Å². The van der Waals surface area contributed by atoms with E-state index in [0.717, 1.165) is 55.5 Å². The fourth-order valence-electron chi connectivity index (χ4n) is 4.86. The molecule has 0 aromatic carbocycles. The number of thiophene rings is 1. The monoisotopic (exact) mass is 428 g/mol. The third kappa shape index (κ3) is 4.05. The number of nitrogens with zero attached hydrogens (tertiary/aromatic N) is 2. The van der Waals surface area contributed by atoms with Gasteiger partial charge in [0.1, 0.15) is 0 Å². The van der Waals surface area contributed by atoms with E-state index < -0.39 is 0 Å². The van der Waals surface area contributed by atoms with Gasteiger partial charge in [0.2, 0.25) is 0 Å². The Kier molecular flexibility index (Phi) is 6.02. The van der Waals surface area contributed by atoms with Gasteiger partial charge in [-0.25, -0.2) is 0 Å². The number of fused-ring (bicyclic) bond motifs is 1. The molecule has 0 saturated heterocycles. The largest absolute Gasteiger partial charge is 0.361 e. The highest BCUT2D eigenvalue weighted by molar-refractivity contribution is 7.16. The topological polar surface area (TPSA) is 82.4 Å². The summed E-state index contributed by atoms with van der Waals surface area (Å²) >= 11 is 1.76. The zero-order valence-electron chi connectivity index (χ0n) is 18.2. The molecule has 0 radical (unpaired) electrons. The quantitative estimate of drug-likeness (QED) is 0.765. The third-order valence-electron chi connectivity index (χ3n) is 6.57. The van der Waals surface area contributed by atoms with Crippen LogP contribution in [0.4, 0.5) is 5.00 Å². The molecule has 2 aliphatic rings. The van der Waals surface area contributed by atoms with Gasteiger partial charge < -0.3 is 20.5 Å². The minimum Gasteiger partial charge on any atom is -0.361 e. The molecule has 1 aliphatic carbocycles. The van der Waals surface area contributed by atoms with Gasteiger partial charge in [0.05, 0.1) is 17.1 Å². The van der Waals surface area contributed by atoms with E-state index in [1.54, 1.807) is 11.3 Å². The average molecular weight is 429 g/mol. The number of nitrogens with two attached hydrogens (primary N) is 1. The summed E-state index contributed by atoms with van der Waals surface area (Å²) in [7, 11) is 0. The predicted molar refractivity (Wildman–Crippen MR) is 123 cm³/mol. The Balaban J connectivity index is 1.54. The van der Waals surface area contributed by atoms with Gasteiger partial charge in [0.15, 0.2) is 0 Å². The lowest BCUT2D eigenvalue weighted by Gasteiger charge is -2.36. The van der Waals surface area contributed by atoms with Crippen LogP contribution in [0.15, 0.2) is 16.9 Å². The van der Waals surface area contributed by atoms with Gasteiger partial charge in [0, 0.05) is 47.7 Å². The van der Waals surface area contributed by atoms with Crippen LogP contribution < -0.4 is 16.2 Å². The van der Waals surface area contributed by atoms with Crippen molar-refractivity contribution in [2.24, 2.45) is 5.73 Å². The Hall–Kier alpha value is -2.12. The van der Waals surface area contributed by atoms with Crippen LogP contribution in [0.25, 0.3) is 0 Å². The first-order chi connectivity index (χ1) is 14.4. The van der Waals surface area contributed by atoms with E-state index in [1.165, 1.54) is 9.88 Å². The number of aromatic nitrogens is 1. The number of carbonyl (C=O) groups is 1. The summed E-state index contributed by atoms with van der Waals surface area (Å²) in [6, 6.07) is 4.89. The maximum Gasteiger partial charge on any atom is 0.255 e. The van der Waals surface area contributed by atoms with Gasteiger partial charge in [0.25, 0.3) is 11.5 Å². The maximum absolute atomic E-state index is 13.2. The van der Waals surface area contributed by atoms with Crippen LogP contribution in [-0.4, -0.2) is 41.0 Å².